The largest absolute Gasteiger partial charge is 0.476 e. The van der Waals surface area contributed by atoms with Crippen molar-refractivity contribution in [3.8, 4) is 0 Å². The zero-order valence-corrected chi connectivity index (χ0v) is 6.33. The summed E-state index contributed by atoms with van der Waals surface area (Å²) < 4.78 is 27.8. The first-order valence-corrected chi connectivity index (χ1v) is 3.30. The Labute approximate surface area is 71.4 Å². The zero-order valence-electron chi connectivity index (χ0n) is 6.33. The molecule has 72 valence electrons. The lowest BCUT2D eigenvalue weighted by Crippen LogP contribution is -2.10. The van der Waals surface area contributed by atoms with Gasteiger partial charge in [-0.2, -0.15) is 4.98 Å². The van der Waals surface area contributed by atoms with Gasteiger partial charge in [0.2, 0.25) is 0 Å². The molecule has 7 heteroatoms. The average Bonchev–Trinajstić information content (AvgIpc) is 2.48. The van der Waals surface area contributed by atoms with Crippen LogP contribution in [0.25, 0.3) is 0 Å². The van der Waals surface area contributed by atoms with E-state index >= 15 is 0 Å². The normalized spacial score (nSPS) is 10.4. The fourth-order valence-corrected chi connectivity index (χ4v) is 0.618. The Balaban J connectivity index is 2.54. The van der Waals surface area contributed by atoms with Crippen molar-refractivity contribution >= 4 is 12.0 Å². The van der Waals surface area contributed by atoms with E-state index in [-0.39, 0.29) is 11.7 Å². The van der Waals surface area contributed by atoms with Crippen LogP contribution in [0.3, 0.4) is 0 Å². The van der Waals surface area contributed by atoms with E-state index < -0.39 is 18.9 Å². The number of hydrogen-bond acceptors (Lipinski definition) is 4. The number of halogens is 2. The summed E-state index contributed by atoms with van der Waals surface area (Å²) in [5, 5.41) is 10.5. The van der Waals surface area contributed by atoms with E-state index in [2.05, 4.69) is 14.7 Å². The molecule has 0 aliphatic heterocycles. The Morgan fingerprint density at radius 3 is 2.92 bits per heavy atom. The number of carboxylic acid groups (broad SMARTS) is 1. The fraction of sp³-hybridized carbons (Fsp3) is 0.333. The van der Waals surface area contributed by atoms with Crippen molar-refractivity contribution in [1.82, 2.24) is 4.98 Å². The number of alkyl halides is 2. The number of carbonyl (C=O) groups is 1. The van der Waals surface area contributed by atoms with E-state index in [1.54, 1.807) is 0 Å². The van der Waals surface area contributed by atoms with Gasteiger partial charge in [0.05, 0.1) is 6.54 Å². The fourth-order valence-electron chi connectivity index (χ4n) is 0.618. The molecular weight excluding hydrogens is 186 g/mol. The lowest BCUT2D eigenvalue weighted by Gasteiger charge is -1.97. The monoisotopic (exact) mass is 192 g/mol. The first kappa shape index (κ1) is 9.43. The summed E-state index contributed by atoms with van der Waals surface area (Å²) in [6, 6.07) is -0.224. The number of rotatable bonds is 4. The molecule has 0 aliphatic rings. The lowest BCUT2D eigenvalue weighted by atomic mass is 10.5. The number of anilines is 1. The Bertz CT molecular complexity index is 300. The standard InChI is InChI=1S/C6H6F2N2O3/c7-4(8)1-9-6-10-3(2-13-6)5(11)12/h2,4H,1H2,(H,9,10)(H,11,12). The minimum atomic E-state index is -2.54. The molecule has 0 spiro atoms. The molecule has 5 nitrogen and oxygen atoms in total. The van der Waals surface area contributed by atoms with Crippen molar-refractivity contribution in [2.75, 3.05) is 11.9 Å². The predicted octanol–water partition coefficient (Wildman–Crippen LogP) is 1.05. The van der Waals surface area contributed by atoms with Crippen molar-refractivity contribution in [2.45, 2.75) is 6.43 Å². The highest BCUT2D eigenvalue weighted by atomic mass is 19.3. The second-order valence-electron chi connectivity index (χ2n) is 2.12. The summed E-state index contributed by atoms with van der Waals surface area (Å²) >= 11 is 0. The molecule has 0 unspecified atom stereocenters. The van der Waals surface area contributed by atoms with Crippen LogP contribution in [0.5, 0.6) is 0 Å². The minimum Gasteiger partial charge on any atom is -0.476 e. The maximum absolute atomic E-state index is 11.6. The van der Waals surface area contributed by atoms with Crippen LogP contribution in [0.4, 0.5) is 14.8 Å². The first-order chi connectivity index (χ1) is 6.09. The number of carboxylic acids is 1. The van der Waals surface area contributed by atoms with E-state index in [0.29, 0.717) is 0 Å². The maximum atomic E-state index is 11.6. The van der Waals surface area contributed by atoms with Crippen LogP contribution in [-0.2, 0) is 0 Å². The summed E-state index contributed by atoms with van der Waals surface area (Å²) in [4.78, 5) is 13.6. The highest BCUT2D eigenvalue weighted by molar-refractivity contribution is 5.85. The van der Waals surface area contributed by atoms with E-state index in [9.17, 15) is 13.6 Å². The van der Waals surface area contributed by atoms with Crippen molar-refractivity contribution in [3.05, 3.63) is 12.0 Å². The maximum Gasteiger partial charge on any atom is 0.357 e. The third-order valence-corrected chi connectivity index (χ3v) is 1.13. The molecule has 1 heterocycles. The van der Waals surface area contributed by atoms with Crippen LogP contribution >= 0.6 is 0 Å². The lowest BCUT2D eigenvalue weighted by molar-refractivity contribution is 0.0690. The number of hydrogen-bond donors (Lipinski definition) is 2. The number of nitrogens with zero attached hydrogens (tertiary/aromatic N) is 1. The van der Waals surface area contributed by atoms with Crippen LogP contribution in [0.15, 0.2) is 10.7 Å². The van der Waals surface area contributed by atoms with Crippen LogP contribution < -0.4 is 5.32 Å². The molecule has 0 aliphatic carbocycles. The Hall–Kier alpha value is -1.66. The molecule has 0 fully saturated rings. The third-order valence-electron chi connectivity index (χ3n) is 1.13. The van der Waals surface area contributed by atoms with Gasteiger partial charge in [-0.05, 0) is 0 Å². The summed E-state index contributed by atoms with van der Waals surface area (Å²) in [6.07, 6.45) is -1.67. The topological polar surface area (TPSA) is 75.4 Å². The van der Waals surface area contributed by atoms with Crippen LogP contribution in [0.2, 0.25) is 0 Å². The van der Waals surface area contributed by atoms with Gasteiger partial charge in [0, 0.05) is 0 Å². The molecule has 2 N–H and O–H groups in total. The second-order valence-corrected chi connectivity index (χ2v) is 2.12. The Kier molecular flexibility index (Phi) is 2.78. The molecule has 0 atom stereocenters. The summed E-state index contributed by atoms with van der Waals surface area (Å²) in [5.41, 5.74) is -0.322. The third kappa shape index (κ3) is 2.69. The summed E-state index contributed by atoms with van der Waals surface area (Å²) in [5.74, 6) is -1.27. The van der Waals surface area contributed by atoms with E-state index in [4.69, 9.17) is 5.11 Å². The molecule has 0 aromatic carbocycles. The van der Waals surface area contributed by atoms with Gasteiger partial charge >= 0.3 is 5.97 Å². The average molecular weight is 192 g/mol. The molecular formula is C6H6F2N2O3. The quantitative estimate of drug-likeness (QED) is 0.745. The molecule has 13 heavy (non-hydrogen) atoms. The van der Waals surface area contributed by atoms with Crippen molar-refractivity contribution < 1.29 is 23.1 Å². The van der Waals surface area contributed by atoms with Crippen LogP contribution in [0.1, 0.15) is 10.5 Å². The number of nitrogens with one attached hydrogen (secondary N) is 1. The van der Waals surface area contributed by atoms with Crippen molar-refractivity contribution in [1.29, 1.82) is 0 Å². The van der Waals surface area contributed by atoms with Crippen molar-refractivity contribution in [2.24, 2.45) is 0 Å². The number of aromatic nitrogens is 1. The number of oxazole rings is 1. The highest BCUT2D eigenvalue weighted by Gasteiger charge is 2.11. The SMILES string of the molecule is O=C(O)c1coc(NCC(F)F)n1. The van der Waals surface area contributed by atoms with Gasteiger partial charge in [-0.3, -0.25) is 0 Å². The molecule has 1 rings (SSSR count). The molecule has 0 saturated carbocycles. The highest BCUT2D eigenvalue weighted by Crippen LogP contribution is 2.07. The summed E-state index contributed by atoms with van der Waals surface area (Å²) in [6.45, 7) is -0.625. The van der Waals surface area contributed by atoms with E-state index in [1.165, 1.54) is 0 Å². The van der Waals surface area contributed by atoms with Gasteiger partial charge in [0.1, 0.15) is 6.26 Å². The van der Waals surface area contributed by atoms with Gasteiger partial charge < -0.3 is 14.8 Å². The molecule has 1 aromatic heterocycles. The Morgan fingerprint density at radius 1 is 1.77 bits per heavy atom. The van der Waals surface area contributed by atoms with Gasteiger partial charge in [-0.15, -0.1) is 0 Å². The van der Waals surface area contributed by atoms with E-state index in [0.717, 1.165) is 6.26 Å². The van der Waals surface area contributed by atoms with Crippen LogP contribution in [-0.4, -0.2) is 29.0 Å². The molecule has 0 amide bonds. The zero-order chi connectivity index (χ0) is 9.84. The molecule has 0 bridgehead atoms. The second kappa shape index (κ2) is 3.83. The van der Waals surface area contributed by atoms with Crippen molar-refractivity contribution in [3.63, 3.8) is 0 Å². The number of aromatic carboxylic acids is 1. The first-order valence-electron chi connectivity index (χ1n) is 3.30. The van der Waals surface area contributed by atoms with Gasteiger partial charge in [0.15, 0.2) is 5.69 Å². The predicted molar refractivity (Wildman–Crippen MR) is 38.0 cm³/mol. The van der Waals surface area contributed by atoms with Gasteiger partial charge in [-0.1, -0.05) is 0 Å². The Morgan fingerprint density at radius 2 is 2.46 bits per heavy atom. The molecule has 1 aromatic rings. The van der Waals surface area contributed by atoms with Crippen LogP contribution in [0, 0.1) is 0 Å². The summed E-state index contributed by atoms with van der Waals surface area (Å²) in [7, 11) is 0. The van der Waals surface area contributed by atoms with Gasteiger partial charge in [-0.25, -0.2) is 13.6 Å². The smallest absolute Gasteiger partial charge is 0.357 e. The van der Waals surface area contributed by atoms with E-state index in [1.807, 2.05) is 0 Å². The molecule has 0 radical (unpaired) electrons. The minimum absolute atomic E-state index is 0.224. The molecule has 0 saturated heterocycles. The van der Waals surface area contributed by atoms with Gasteiger partial charge in [0.25, 0.3) is 12.4 Å².